The van der Waals surface area contributed by atoms with Crippen LogP contribution >= 0.6 is 0 Å². The molecule has 0 saturated heterocycles. The second-order valence-corrected chi connectivity index (χ2v) is 6.96. The molecule has 110 valence electrons. The fraction of sp³-hybridized carbons (Fsp3) is 0.278. The lowest BCUT2D eigenvalue weighted by Crippen LogP contribution is -2.11. The van der Waals surface area contributed by atoms with Gasteiger partial charge in [-0.3, -0.25) is 9.00 Å². The summed E-state index contributed by atoms with van der Waals surface area (Å²) < 4.78 is 12.3. The highest BCUT2D eigenvalue weighted by atomic mass is 32.2. The Labute approximate surface area is 128 Å². The number of aryl methyl sites for hydroxylation is 1. The van der Waals surface area contributed by atoms with Crippen molar-refractivity contribution >= 4 is 16.6 Å². The van der Waals surface area contributed by atoms with Gasteiger partial charge in [0.15, 0.2) is 5.78 Å². The van der Waals surface area contributed by atoms with Crippen LogP contribution in [0.5, 0.6) is 0 Å². The molecule has 0 spiro atoms. The van der Waals surface area contributed by atoms with Crippen LogP contribution in [0, 0.1) is 6.92 Å². The molecule has 0 aliphatic heterocycles. The van der Waals surface area contributed by atoms with Crippen molar-refractivity contribution < 1.29 is 9.00 Å². The molecule has 1 atom stereocenters. The molecule has 0 aliphatic rings. The minimum Gasteiger partial charge on any atom is -0.293 e. The molecule has 0 bridgehead atoms. The summed E-state index contributed by atoms with van der Waals surface area (Å²) in [6.07, 6.45) is 0. The fourth-order valence-corrected chi connectivity index (χ4v) is 3.12. The van der Waals surface area contributed by atoms with Gasteiger partial charge in [-0.15, -0.1) is 0 Å². The van der Waals surface area contributed by atoms with E-state index in [9.17, 15) is 9.00 Å². The molecule has 0 amide bonds. The van der Waals surface area contributed by atoms with E-state index in [1.54, 1.807) is 6.07 Å². The lowest BCUT2D eigenvalue weighted by molar-refractivity contribution is 0.102. The van der Waals surface area contributed by atoms with Crippen LogP contribution in [-0.4, -0.2) is 15.7 Å². The molecule has 0 aliphatic carbocycles. The molecule has 0 heterocycles. The zero-order valence-corrected chi connectivity index (χ0v) is 13.4. The van der Waals surface area contributed by atoms with E-state index in [0.29, 0.717) is 16.4 Å². The molecular weight excluding hydrogens is 280 g/mol. The van der Waals surface area contributed by atoms with E-state index in [0.717, 1.165) is 5.56 Å². The number of hydrogen-bond acceptors (Lipinski definition) is 2. The van der Waals surface area contributed by atoms with Crippen molar-refractivity contribution in [1.82, 2.24) is 0 Å². The van der Waals surface area contributed by atoms with Gasteiger partial charge < -0.3 is 0 Å². The minimum absolute atomic E-state index is 0.0322. The molecule has 0 fully saturated rings. The Morgan fingerprint density at radius 1 is 1.10 bits per heavy atom. The summed E-state index contributed by atoms with van der Waals surface area (Å²) >= 11 is 0. The van der Waals surface area contributed by atoms with Crippen LogP contribution in [0.25, 0.3) is 0 Å². The van der Waals surface area contributed by atoms with E-state index >= 15 is 0 Å². The summed E-state index contributed by atoms with van der Waals surface area (Å²) in [5.41, 5.74) is 2.87. The summed E-state index contributed by atoms with van der Waals surface area (Å²) in [5.74, 6) is 0.399. The molecule has 1 unspecified atom stereocenters. The molecule has 2 aromatic carbocycles. The summed E-state index contributed by atoms with van der Waals surface area (Å²) in [5, 5.41) is 0. The first kappa shape index (κ1) is 15.6. The minimum atomic E-state index is -1.29. The summed E-state index contributed by atoms with van der Waals surface area (Å²) in [6, 6.07) is 15.1. The third-order valence-electron chi connectivity index (χ3n) is 3.41. The Kier molecular flexibility index (Phi) is 5.07. The van der Waals surface area contributed by atoms with E-state index in [4.69, 9.17) is 0 Å². The quantitative estimate of drug-likeness (QED) is 0.779. The highest BCUT2D eigenvalue weighted by molar-refractivity contribution is 7.85. The van der Waals surface area contributed by atoms with Crippen LogP contribution in [0.3, 0.4) is 0 Å². The van der Waals surface area contributed by atoms with Gasteiger partial charge in [-0.25, -0.2) is 0 Å². The smallest absolute Gasteiger partial charge is 0.175 e. The number of hydrogen-bond donors (Lipinski definition) is 0. The molecule has 0 radical (unpaired) electrons. The van der Waals surface area contributed by atoms with Gasteiger partial charge in [0.2, 0.25) is 0 Å². The number of carbonyl (C=O) groups excluding carboxylic acids is 1. The van der Waals surface area contributed by atoms with Crippen molar-refractivity contribution in [3.05, 3.63) is 65.2 Å². The normalized spacial score (nSPS) is 12.4. The van der Waals surface area contributed by atoms with Crippen molar-refractivity contribution in [1.29, 1.82) is 0 Å². The largest absolute Gasteiger partial charge is 0.293 e. The van der Waals surface area contributed by atoms with Crippen molar-refractivity contribution in [3.63, 3.8) is 0 Å². The average molecular weight is 300 g/mol. The van der Waals surface area contributed by atoms with E-state index in [-0.39, 0.29) is 11.5 Å². The SMILES string of the molecule is Cc1cccc(C(=O)CS(=O)c2ccc(C(C)C)cc2)c1. The van der Waals surface area contributed by atoms with Gasteiger partial charge in [-0.2, -0.15) is 0 Å². The molecule has 21 heavy (non-hydrogen) atoms. The monoisotopic (exact) mass is 300 g/mol. The summed E-state index contributed by atoms with van der Waals surface area (Å²) in [4.78, 5) is 12.9. The van der Waals surface area contributed by atoms with Gasteiger partial charge in [-0.1, -0.05) is 49.7 Å². The van der Waals surface area contributed by atoms with Crippen LogP contribution in [0.15, 0.2) is 53.4 Å². The Bertz CT molecular complexity index is 657. The lowest BCUT2D eigenvalue weighted by atomic mass is 10.0. The zero-order chi connectivity index (χ0) is 15.4. The molecule has 3 heteroatoms. The van der Waals surface area contributed by atoms with E-state index < -0.39 is 10.8 Å². The fourth-order valence-electron chi connectivity index (χ4n) is 2.11. The maximum Gasteiger partial charge on any atom is 0.175 e. The van der Waals surface area contributed by atoms with Crippen molar-refractivity contribution in [2.75, 3.05) is 5.75 Å². The average Bonchev–Trinajstić information content (AvgIpc) is 2.47. The van der Waals surface area contributed by atoms with Gasteiger partial charge in [0, 0.05) is 10.5 Å². The van der Waals surface area contributed by atoms with Gasteiger partial charge in [0.25, 0.3) is 0 Å². The zero-order valence-electron chi connectivity index (χ0n) is 12.6. The molecule has 0 saturated carbocycles. The Morgan fingerprint density at radius 2 is 1.76 bits per heavy atom. The Balaban J connectivity index is 2.09. The maximum atomic E-state index is 12.3. The third kappa shape index (κ3) is 4.11. The summed E-state index contributed by atoms with van der Waals surface area (Å²) in [6.45, 7) is 6.18. The van der Waals surface area contributed by atoms with Gasteiger partial charge >= 0.3 is 0 Å². The maximum absolute atomic E-state index is 12.3. The highest BCUT2D eigenvalue weighted by Crippen LogP contribution is 2.17. The second kappa shape index (κ2) is 6.81. The van der Waals surface area contributed by atoms with Crippen molar-refractivity contribution in [2.45, 2.75) is 31.6 Å². The van der Waals surface area contributed by atoms with Crippen LogP contribution in [0.1, 0.15) is 41.3 Å². The molecule has 2 nitrogen and oxygen atoms in total. The molecule has 2 aromatic rings. The number of ketones is 1. The molecular formula is C18H20O2S. The predicted molar refractivity (Wildman–Crippen MR) is 87.3 cm³/mol. The van der Waals surface area contributed by atoms with Gasteiger partial charge in [0.05, 0.1) is 16.6 Å². The lowest BCUT2D eigenvalue weighted by Gasteiger charge is -2.07. The first-order valence-electron chi connectivity index (χ1n) is 7.05. The first-order valence-corrected chi connectivity index (χ1v) is 8.37. The molecule has 0 aromatic heterocycles. The molecule has 2 rings (SSSR count). The highest BCUT2D eigenvalue weighted by Gasteiger charge is 2.12. The second-order valence-electron chi connectivity index (χ2n) is 5.51. The topological polar surface area (TPSA) is 34.1 Å². The molecule has 0 N–H and O–H groups in total. The summed E-state index contributed by atoms with van der Waals surface area (Å²) in [7, 11) is -1.29. The predicted octanol–water partition coefficient (Wildman–Crippen LogP) is 4.11. The van der Waals surface area contributed by atoms with E-state index in [1.165, 1.54) is 5.56 Å². The van der Waals surface area contributed by atoms with Gasteiger partial charge in [0.1, 0.15) is 0 Å². The number of rotatable bonds is 5. The van der Waals surface area contributed by atoms with Gasteiger partial charge in [-0.05, 0) is 36.6 Å². The van der Waals surface area contributed by atoms with Crippen LogP contribution in [0.2, 0.25) is 0 Å². The van der Waals surface area contributed by atoms with Crippen LogP contribution in [-0.2, 0) is 10.8 Å². The Hall–Kier alpha value is -1.74. The van der Waals surface area contributed by atoms with Crippen molar-refractivity contribution in [3.8, 4) is 0 Å². The van der Waals surface area contributed by atoms with E-state index in [1.807, 2.05) is 49.4 Å². The number of Topliss-reactive ketones (excluding diaryl/α,β-unsaturated/α-hetero) is 1. The standard InChI is InChI=1S/C18H20O2S/c1-13(2)15-7-9-17(10-8-15)21(20)12-18(19)16-6-4-5-14(3)11-16/h4-11,13H,12H2,1-3H3. The number of benzene rings is 2. The van der Waals surface area contributed by atoms with Crippen LogP contribution in [0.4, 0.5) is 0 Å². The van der Waals surface area contributed by atoms with Crippen LogP contribution < -0.4 is 0 Å². The third-order valence-corrected chi connectivity index (χ3v) is 4.73. The van der Waals surface area contributed by atoms with E-state index in [2.05, 4.69) is 13.8 Å². The Morgan fingerprint density at radius 3 is 2.33 bits per heavy atom. The first-order chi connectivity index (χ1) is 9.97. The number of carbonyl (C=O) groups is 1. The van der Waals surface area contributed by atoms with Crippen molar-refractivity contribution in [2.24, 2.45) is 0 Å².